The van der Waals surface area contributed by atoms with Gasteiger partial charge in [0.1, 0.15) is 6.04 Å². The Labute approximate surface area is 109 Å². The molecule has 2 rings (SSSR count). The summed E-state index contributed by atoms with van der Waals surface area (Å²) in [7, 11) is 0. The van der Waals surface area contributed by atoms with Crippen LogP contribution in [0, 0.1) is 11.8 Å². The van der Waals surface area contributed by atoms with Crippen LogP contribution >= 0.6 is 0 Å². The summed E-state index contributed by atoms with van der Waals surface area (Å²) in [5.74, 6) is 1.55. The molecule has 0 radical (unpaired) electrons. The van der Waals surface area contributed by atoms with E-state index >= 15 is 0 Å². The first-order valence-electron chi connectivity index (χ1n) is 7.14. The average molecular weight is 252 g/mol. The second kappa shape index (κ2) is 5.72. The van der Waals surface area contributed by atoms with Crippen LogP contribution in [0.2, 0.25) is 0 Å². The molecular formula is C14H24N2O2. The van der Waals surface area contributed by atoms with Crippen molar-refractivity contribution in [1.82, 2.24) is 10.2 Å². The topological polar surface area (TPSA) is 49.4 Å². The lowest BCUT2D eigenvalue weighted by atomic mass is 9.83. The Morgan fingerprint density at radius 2 is 1.83 bits per heavy atom. The second-order valence-electron chi connectivity index (χ2n) is 5.95. The van der Waals surface area contributed by atoms with Crippen LogP contribution in [0.25, 0.3) is 0 Å². The van der Waals surface area contributed by atoms with Crippen molar-refractivity contribution in [2.24, 2.45) is 11.8 Å². The SMILES string of the molecule is CC1CCC(CN2CCC(=O)NC(C)C2=O)CC1. The summed E-state index contributed by atoms with van der Waals surface area (Å²) in [5.41, 5.74) is 0. The summed E-state index contributed by atoms with van der Waals surface area (Å²) >= 11 is 0. The lowest BCUT2D eigenvalue weighted by Crippen LogP contribution is -2.44. The lowest BCUT2D eigenvalue weighted by Gasteiger charge is -2.31. The van der Waals surface area contributed by atoms with E-state index in [0.29, 0.717) is 18.9 Å². The van der Waals surface area contributed by atoms with E-state index in [2.05, 4.69) is 12.2 Å². The van der Waals surface area contributed by atoms with E-state index in [1.165, 1.54) is 25.7 Å². The first-order valence-corrected chi connectivity index (χ1v) is 7.14. The van der Waals surface area contributed by atoms with Gasteiger partial charge in [0.15, 0.2) is 0 Å². The Morgan fingerprint density at radius 1 is 1.17 bits per heavy atom. The standard InChI is InChI=1S/C14H24N2O2/c1-10-3-5-12(6-4-10)9-16-8-7-13(17)15-11(2)14(16)18/h10-12H,3-9H2,1-2H3,(H,15,17). The molecule has 0 spiro atoms. The largest absolute Gasteiger partial charge is 0.345 e. The summed E-state index contributed by atoms with van der Waals surface area (Å²) in [5, 5.41) is 2.74. The van der Waals surface area contributed by atoms with E-state index in [-0.39, 0.29) is 17.9 Å². The van der Waals surface area contributed by atoms with Crippen LogP contribution in [0.4, 0.5) is 0 Å². The fourth-order valence-electron chi connectivity index (χ4n) is 3.00. The average Bonchev–Trinajstić information content (AvgIpc) is 2.46. The number of nitrogens with zero attached hydrogens (tertiary/aromatic N) is 1. The summed E-state index contributed by atoms with van der Waals surface area (Å²) in [6, 6.07) is -0.359. The van der Waals surface area contributed by atoms with Gasteiger partial charge in [0.05, 0.1) is 0 Å². The quantitative estimate of drug-likeness (QED) is 0.810. The van der Waals surface area contributed by atoms with E-state index < -0.39 is 0 Å². The maximum Gasteiger partial charge on any atom is 0.244 e. The van der Waals surface area contributed by atoms with Gasteiger partial charge in [-0.2, -0.15) is 0 Å². The number of carbonyl (C=O) groups excluding carboxylic acids is 2. The zero-order valence-corrected chi connectivity index (χ0v) is 11.4. The molecule has 2 amide bonds. The van der Waals surface area contributed by atoms with Gasteiger partial charge in [-0.15, -0.1) is 0 Å². The molecule has 18 heavy (non-hydrogen) atoms. The predicted molar refractivity (Wildman–Crippen MR) is 69.9 cm³/mol. The maximum atomic E-state index is 12.1. The van der Waals surface area contributed by atoms with Crippen LogP contribution in [-0.2, 0) is 9.59 Å². The molecule has 0 aromatic rings. The van der Waals surface area contributed by atoms with Crippen LogP contribution in [-0.4, -0.2) is 35.8 Å². The van der Waals surface area contributed by atoms with Gasteiger partial charge in [0.25, 0.3) is 0 Å². The Morgan fingerprint density at radius 3 is 2.50 bits per heavy atom. The Balaban J connectivity index is 1.91. The molecule has 4 heteroatoms. The molecule has 4 nitrogen and oxygen atoms in total. The fourth-order valence-corrected chi connectivity index (χ4v) is 3.00. The number of hydrogen-bond donors (Lipinski definition) is 1. The molecule has 2 fully saturated rings. The predicted octanol–water partition coefficient (Wildman–Crippen LogP) is 1.55. The highest BCUT2D eigenvalue weighted by Gasteiger charge is 2.29. The van der Waals surface area contributed by atoms with Crippen molar-refractivity contribution in [2.75, 3.05) is 13.1 Å². The fraction of sp³-hybridized carbons (Fsp3) is 0.857. The number of rotatable bonds is 2. The van der Waals surface area contributed by atoms with Crippen LogP contribution < -0.4 is 5.32 Å². The van der Waals surface area contributed by atoms with Gasteiger partial charge in [-0.1, -0.05) is 19.8 Å². The molecule has 0 aromatic heterocycles. The third-order valence-electron chi connectivity index (χ3n) is 4.28. The van der Waals surface area contributed by atoms with Gasteiger partial charge in [0, 0.05) is 19.5 Å². The maximum absolute atomic E-state index is 12.1. The Bertz CT molecular complexity index is 322. The summed E-state index contributed by atoms with van der Waals surface area (Å²) < 4.78 is 0. The molecule has 102 valence electrons. The van der Waals surface area contributed by atoms with Crippen LogP contribution in [0.5, 0.6) is 0 Å². The molecule has 0 bridgehead atoms. The van der Waals surface area contributed by atoms with Gasteiger partial charge >= 0.3 is 0 Å². The monoisotopic (exact) mass is 252 g/mol. The molecule has 1 aliphatic carbocycles. The van der Waals surface area contributed by atoms with Crippen molar-refractivity contribution in [3.63, 3.8) is 0 Å². The van der Waals surface area contributed by atoms with E-state index in [4.69, 9.17) is 0 Å². The number of nitrogens with one attached hydrogen (secondary N) is 1. The minimum absolute atomic E-state index is 0.00406. The number of hydrogen-bond acceptors (Lipinski definition) is 2. The van der Waals surface area contributed by atoms with E-state index in [1.54, 1.807) is 6.92 Å². The van der Waals surface area contributed by atoms with Gasteiger partial charge < -0.3 is 10.2 Å². The van der Waals surface area contributed by atoms with Gasteiger partial charge in [-0.05, 0) is 31.6 Å². The van der Waals surface area contributed by atoms with Crippen molar-refractivity contribution in [3.8, 4) is 0 Å². The van der Waals surface area contributed by atoms with Gasteiger partial charge in [0.2, 0.25) is 11.8 Å². The number of carbonyl (C=O) groups is 2. The van der Waals surface area contributed by atoms with Crippen molar-refractivity contribution in [2.45, 2.75) is 52.0 Å². The van der Waals surface area contributed by atoms with Crippen LogP contribution in [0.15, 0.2) is 0 Å². The molecular weight excluding hydrogens is 228 g/mol. The Kier molecular flexibility index (Phi) is 4.25. The van der Waals surface area contributed by atoms with E-state index in [1.807, 2.05) is 4.90 Å². The second-order valence-corrected chi connectivity index (χ2v) is 5.95. The molecule has 1 unspecified atom stereocenters. The summed E-state index contributed by atoms with van der Waals surface area (Å²) in [4.78, 5) is 25.5. The van der Waals surface area contributed by atoms with Crippen molar-refractivity contribution >= 4 is 11.8 Å². The summed E-state index contributed by atoms with van der Waals surface area (Å²) in [6.07, 6.45) is 5.44. The van der Waals surface area contributed by atoms with E-state index in [0.717, 1.165) is 12.5 Å². The molecule has 0 aromatic carbocycles. The molecule has 1 atom stereocenters. The van der Waals surface area contributed by atoms with Crippen LogP contribution in [0.1, 0.15) is 46.0 Å². The molecule has 1 heterocycles. The lowest BCUT2D eigenvalue weighted by molar-refractivity contribution is -0.133. The highest BCUT2D eigenvalue weighted by molar-refractivity contribution is 5.89. The minimum atomic E-state index is -0.359. The first-order chi connectivity index (χ1) is 8.56. The zero-order valence-electron chi connectivity index (χ0n) is 11.4. The van der Waals surface area contributed by atoms with E-state index in [9.17, 15) is 9.59 Å². The number of amides is 2. The third kappa shape index (κ3) is 3.24. The highest BCUT2D eigenvalue weighted by atomic mass is 16.2. The van der Waals surface area contributed by atoms with Gasteiger partial charge in [-0.25, -0.2) is 0 Å². The minimum Gasteiger partial charge on any atom is -0.345 e. The van der Waals surface area contributed by atoms with Gasteiger partial charge in [-0.3, -0.25) is 9.59 Å². The Hall–Kier alpha value is -1.06. The molecule has 1 aliphatic heterocycles. The third-order valence-corrected chi connectivity index (χ3v) is 4.28. The molecule has 1 N–H and O–H groups in total. The van der Waals surface area contributed by atoms with Crippen molar-refractivity contribution < 1.29 is 9.59 Å². The zero-order chi connectivity index (χ0) is 13.1. The van der Waals surface area contributed by atoms with Crippen LogP contribution in [0.3, 0.4) is 0 Å². The highest BCUT2D eigenvalue weighted by Crippen LogP contribution is 2.29. The molecule has 1 saturated heterocycles. The normalized spacial score (nSPS) is 34.1. The first kappa shape index (κ1) is 13.4. The summed E-state index contributed by atoms with van der Waals surface area (Å²) in [6.45, 7) is 5.51. The van der Waals surface area contributed by atoms with Crippen molar-refractivity contribution in [1.29, 1.82) is 0 Å². The molecule has 2 aliphatic rings. The molecule has 1 saturated carbocycles. The van der Waals surface area contributed by atoms with Crippen molar-refractivity contribution in [3.05, 3.63) is 0 Å². The smallest absolute Gasteiger partial charge is 0.244 e.